The largest absolute Gasteiger partial charge is 0.309 e. The third-order valence-corrected chi connectivity index (χ3v) is 13.8. The molecule has 14 rings (SSSR count). The maximum atomic E-state index is 5.01. The summed E-state index contributed by atoms with van der Waals surface area (Å²) >= 11 is 1.88. The van der Waals surface area contributed by atoms with E-state index >= 15 is 0 Å². The van der Waals surface area contributed by atoms with Gasteiger partial charge in [0.05, 0.1) is 27.6 Å². The predicted molar refractivity (Wildman–Crippen MR) is 245 cm³/mol. The molecule has 0 atom stereocenters. The molecule has 0 unspecified atom stereocenters. The number of pyridine rings is 3. The van der Waals surface area contributed by atoms with Gasteiger partial charge in [0.25, 0.3) is 0 Å². The Morgan fingerprint density at radius 3 is 1.98 bits per heavy atom. The Bertz CT molecular complexity index is 4110. The highest BCUT2D eigenvalue weighted by Gasteiger charge is 2.19. The van der Waals surface area contributed by atoms with Crippen molar-refractivity contribution in [1.29, 1.82) is 0 Å². The molecule has 0 amide bonds. The van der Waals surface area contributed by atoms with Crippen LogP contribution in [0.3, 0.4) is 0 Å². The third-order valence-electron chi connectivity index (χ3n) is 12.6. The number of thiophene rings is 1. The third kappa shape index (κ3) is 3.92. The summed E-state index contributed by atoms with van der Waals surface area (Å²) in [5.41, 5.74) is 9.47. The fourth-order valence-electron chi connectivity index (χ4n) is 10.1. The first kappa shape index (κ1) is 30.0. The number of para-hydroxylation sites is 1. The van der Waals surface area contributed by atoms with Crippen LogP contribution < -0.4 is 0 Å². The van der Waals surface area contributed by atoms with Gasteiger partial charge in [-0.2, -0.15) is 0 Å². The van der Waals surface area contributed by atoms with E-state index in [4.69, 9.17) is 4.98 Å². The van der Waals surface area contributed by atoms with E-state index < -0.39 is 0 Å². The molecule has 0 saturated heterocycles. The molecule has 0 aliphatic rings. The molecular weight excluding hydrogens is 711 g/mol. The van der Waals surface area contributed by atoms with E-state index in [-0.39, 0.29) is 0 Å². The van der Waals surface area contributed by atoms with Crippen molar-refractivity contribution in [2.75, 3.05) is 0 Å². The number of fused-ring (bicyclic) bond motifs is 22. The van der Waals surface area contributed by atoms with Crippen LogP contribution in [0, 0.1) is 0 Å². The fourth-order valence-corrected chi connectivity index (χ4v) is 11.2. The standard InChI is InChI=1S/C53H29N3S/c1-2-10-31-24-42-41(23-30(31)9-1)40-15-8-22-54-53(40)56-46-25-32(18-19-34(46)26-47(42)56)35-13-7-14-38-36(35)20-21-39-43-28-44-37-12-4-6-17-50(37)57-51(44)29-48(43)55-45-16-5-3-11-33(45)27-49(55)52(38)39/h1-29H. The fraction of sp³-hybridized carbons (Fsp3) is 0. The second-order valence-electron chi connectivity index (χ2n) is 15.5. The molecular formula is C53H29N3S. The lowest BCUT2D eigenvalue weighted by Gasteiger charge is -2.15. The lowest BCUT2D eigenvalue weighted by atomic mass is 9.92. The maximum Gasteiger partial charge on any atom is 0.145 e. The van der Waals surface area contributed by atoms with E-state index in [2.05, 4.69) is 179 Å². The molecule has 0 fully saturated rings. The second-order valence-corrected chi connectivity index (χ2v) is 16.6. The Kier molecular flexibility index (Phi) is 5.65. The van der Waals surface area contributed by atoms with Gasteiger partial charge >= 0.3 is 0 Å². The summed E-state index contributed by atoms with van der Waals surface area (Å²) in [4.78, 5) is 5.01. The Hall–Kier alpha value is -7.27. The highest BCUT2D eigenvalue weighted by molar-refractivity contribution is 7.25. The van der Waals surface area contributed by atoms with Crippen molar-refractivity contribution in [1.82, 2.24) is 13.8 Å². The number of hydrogen-bond donors (Lipinski definition) is 0. The molecule has 14 aromatic rings. The van der Waals surface area contributed by atoms with Crippen molar-refractivity contribution < 1.29 is 0 Å². The summed E-state index contributed by atoms with van der Waals surface area (Å²) < 4.78 is 7.53. The molecule has 4 heteroatoms. The van der Waals surface area contributed by atoms with Crippen molar-refractivity contribution in [3.8, 4) is 11.1 Å². The average molecular weight is 740 g/mol. The first-order valence-corrected chi connectivity index (χ1v) is 20.3. The number of nitrogens with zero attached hydrogens (tertiary/aromatic N) is 3. The molecule has 0 bridgehead atoms. The second kappa shape index (κ2) is 10.7. The minimum atomic E-state index is 0.980. The molecule has 0 N–H and O–H groups in total. The highest BCUT2D eigenvalue weighted by atomic mass is 32.1. The summed E-state index contributed by atoms with van der Waals surface area (Å²) in [6.07, 6.45) is 1.92. The van der Waals surface area contributed by atoms with Crippen molar-refractivity contribution in [3.63, 3.8) is 0 Å². The van der Waals surface area contributed by atoms with E-state index in [1.165, 1.54) is 113 Å². The zero-order valence-corrected chi connectivity index (χ0v) is 31.3. The van der Waals surface area contributed by atoms with Gasteiger partial charge in [-0.15, -0.1) is 11.3 Å². The van der Waals surface area contributed by atoms with Crippen LogP contribution in [0.25, 0.3) is 129 Å². The van der Waals surface area contributed by atoms with Crippen molar-refractivity contribution >= 4 is 129 Å². The number of aromatic nitrogens is 3. The molecule has 262 valence electrons. The van der Waals surface area contributed by atoms with Crippen LogP contribution in [0.5, 0.6) is 0 Å². The molecule has 57 heavy (non-hydrogen) atoms. The van der Waals surface area contributed by atoms with Crippen molar-refractivity contribution in [3.05, 3.63) is 176 Å². The molecule has 8 aromatic carbocycles. The molecule has 0 aliphatic heterocycles. The molecule has 0 spiro atoms. The van der Waals surface area contributed by atoms with E-state index in [0.717, 1.165) is 16.6 Å². The Balaban J connectivity index is 1.08. The van der Waals surface area contributed by atoms with E-state index in [0.29, 0.717) is 0 Å². The molecule has 3 nitrogen and oxygen atoms in total. The molecule has 6 heterocycles. The number of benzene rings is 8. The topological polar surface area (TPSA) is 21.7 Å². The van der Waals surface area contributed by atoms with Crippen LogP contribution in [0.4, 0.5) is 0 Å². The van der Waals surface area contributed by atoms with Crippen LogP contribution in [-0.2, 0) is 0 Å². The van der Waals surface area contributed by atoms with Crippen LogP contribution in [0.15, 0.2) is 176 Å². The van der Waals surface area contributed by atoms with Gasteiger partial charge in [0.2, 0.25) is 0 Å². The summed E-state index contributed by atoms with van der Waals surface area (Å²) in [7, 11) is 0. The van der Waals surface area contributed by atoms with E-state index in [9.17, 15) is 0 Å². The molecule has 0 radical (unpaired) electrons. The Labute approximate surface area is 328 Å². The van der Waals surface area contributed by atoms with Crippen LogP contribution in [0.2, 0.25) is 0 Å². The minimum Gasteiger partial charge on any atom is -0.309 e. The van der Waals surface area contributed by atoms with Gasteiger partial charge in [-0.3, -0.25) is 4.40 Å². The highest BCUT2D eigenvalue weighted by Crippen LogP contribution is 2.44. The zero-order valence-electron chi connectivity index (χ0n) is 30.5. The molecule has 0 aliphatic carbocycles. The number of hydrogen-bond acceptors (Lipinski definition) is 2. The van der Waals surface area contributed by atoms with Crippen molar-refractivity contribution in [2.24, 2.45) is 0 Å². The Morgan fingerprint density at radius 2 is 1.05 bits per heavy atom. The average Bonchev–Trinajstić information content (AvgIpc) is 3.96. The van der Waals surface area contributed by atoms with Crippen LogP contribution in [-0.4, -0.2) is 13.8 Å². The van der Waals surface area contributed by atoms with Gasteiger partial charge in [-0.25, -0.2) is 4.98 Å². The Morgan fingerprint density at radius 1 is 0.351 bits per heavy atom. The molecule has 0 saturated carbocycles. The smallest absolute Gasteiger partial charge is 0.145 e. The van der Waals surface area contributed by atoms with Gasteiger partial charge in [0, 0.05) is 58.7 Å². The van der Waals surface area contributed by atoms with Gasteiger partial charge in [-0.05, 0) is 110 Å². The van der Waals surface area contributed by atoms with Gasteiger partial charge in [-0.1, -0.05) is 103 Å². The van der Waals surface area contributed by atoms with E-state index in [1.807, 2.05) is 17.5 Å². The van der Waals surface area contributed by atoms with Crippen LogP contribution in [0.1, 0.15) is 0 Å². The van der Waals surface area contributed by atoms with Gasteiger partial charge in [0.15, 0.2) is 0 Å². The minimum absolute atomic E-state index is 0.980. The zero-order chi connectivity index (χ0) is 36.9. The first-order valence-electron chi connectivity index (χ1n) is 19.5. The van der Waals surface area contributed by atoms with Crippen LogP contribution >= 0.6 is 11.3 Å². The van der Waals surface area contributed by atoms with Gasteiger partial charge in [0.1, 0.15) is 5.65 Å². The normalized spacial score (nSPS) is 12.6. The lowest BCUT2D eigenvalue weighted by molar-refractivity contribution is 1.25. The SMILES string of the molecule is c1ccc2cc3c(cc2c1)c1cccnc1n1c2cc(-c4cccc5c4ccc4c6cc7c(cc6n6c8ccccc8cc6c54)sc4ccccc47)ccc2cc31. The summed E-state index contributed by atoms with van der Waals surface area (Å²) in [6, 6.07) is 63.4. The summed E-state index contributed by atoms with van der Waals surface area (Å²) in [5.74, 6) is 0. The van der Waals surface area contributed by atoms with Gasteiger partial charge < -0.3 is 4.40 Å². The first-order chi connectivity index (χ1) is 28.2. The quantitative estimate of drug-likeness (QED) is 0.121. The number of rotatable bonds is 1. The van der Waals surface area contributed by atoms with E-state index in [1.54, 1.807) is 0 Å². The maximum absolute atomic E-state index is 5.01. The summed E-state index contributed by atoms with van der Waals surface area (Å²) in [6.45, 7) is 0. The monoisotopic (exact) mass is 739 g/mol. The lowest BCUT2D eigenvalue weighted by Crippen LogP contribution is -1.94. The predicted octanol–water partition coefficient (Wildman–Crippen LogP) is 14.8. The van der Waals surface area contributed by atoms with Crippen molar-refractivity contribution in [2.45, 2.75) is 0 Å². The summed E-state index contributed by atoms with van der Waals surface area (Å²) in [5, 5.41) is 17.6. The molecule has 6 aromatic heterocycles.